The van der Waals surface area contributed by atoms with E-state index in [1.807, 2.05) is 18.2 Å². The van der Waals surface area contributed by atoms with Gasteiger partial charge in [-0.05, 0) is 220 Å². The van der Waals surface area contributed by atoms with Gasteiger partial charge in [-0.2, -0.15) is 9.97 Å². The van der Waals surface area contributed by atoms with Crippen LogP contribution in [0.2, 0.25) is 10.0 Å². The molecule has 136 heavy (non-hydrogen) atoms. The first kappa shape index (κ1) is 105. The second-order valence-electron chi connectivity index (χ2n) is 33.3. The number of para-hydroxylation sites is 2. The maximum Gasteiger partial charge on any atom is 0.238 e. The van der Waals surface area contributed by atoms with E-state index in [1.165, 1.54) is 45.9 Å². The quantitative estimate of drug-likeness (QED) is 0.0168. The second kappa shape index (κ2) is 44.5. The van der Waals surface area contributed by atoms with Gasteiger partial charge in [-0.3, -0.25) is 4.57 Å². The number of sulfone groups is 3. The zero-order valence-corrected chi connectivity index (χ0v) is 85.9. The van der Waals surface area contributed by atoms with E-state index in [2.05, 4.69) is 66.5 Å². The molecule has 0 atom stereocenters. The highest BCUT2D eigenvalue weighted by Gasteiger charge is 2.32. The van der Waals surface area contributed by atoms with E-state index in [0.29, 0.717) is 150 Å². The molecule has 6 heterocycles. The molecule has 33 nitrogen and oxygen atoms in total. The Morgan fingerprint density at radius 1 is 0.456 bits per heavy atom. The SMILES string of the molecule is COc1cc(P(C)(C)=O)ccc1Nc1ncc(CC=O)c(Cc2ccccc2S(=O)(=O)C(C)C)n1.COc1cc(P(C)(C)=O)ccc1Nc1ncc(Cl)c(Cc2ccccc2S(N)(=O)=O)n1.COc1cc(P(C)(C)=O)ccc1Nc1ncc2ccn(-c3ccccc3S(=O)(=O)C(C)C)c2n1.COc1cc(S(=O)(=O)C2CCOCC2)ccc1Nc1ncc(Cl)c(Nc2ccccc2P(C)(C)=O)n1. The van der Waals surface area contributed by atoms with Crippen molar-refractivity contribution < 1.29 is 80.4 Å². The van der Waals surface area contributed by atoms with Crippen molar-refractivity contribution in [2.75, 3.05) is 122 Å². The molecule has 0 aliphatic carbocycles. The number of rotatable bonds is 32. The van der Waals surface area contributed by atoms with Crippen molar-refractivity contribution in [2.45, 2.75) is 95.1 Å². The number of carbonyl (C=O) groups is 1. The molecule has 43 heteroatoms. The van der Waals surface area contributed by atoms with Gasteiger partial charge in [0.05, 0.1) is 127 Å². The van der Waals surface area contributed by atoms with Crippen LogP contribution in [0.1, 0.15) is 68.6 Å². The minimum absolute atomic E-state index is 0.0139. The number of nitrogens with zero attached hydrogens (tertiary/aromatic N) is 9. The zero-order valence-electron chi connectivity index (χ0n) is 77.5. The van der Waals surface area contributed by atoms with Gasteiger partial charge in [0, 0.05) is 83.7 Å². The van der Waals surface area contributed by atoms with Crippen LogP contribution in [0.15, 0.2) is 226 Å². The second-order valence-corrected chi connectivity index (χ2v) is 55.6. The lowest BCUT2D eigenvalue weighted by atomic mass is 10.0. The van der Waals surface area contributed by atoms with Crippen molar-refractivity contribution in [3.8, 4) is 28.7 Å². The number of aromatic nitrogens is 9. The molecule has 0 spiro atoms. The fourth-order valence-electron chi connectivity index (χ4n) is 14.0. The van der Waals surface area contributed by atoms with Gasteiger partial charge in [-0.15, -0.1) is 0 Å². The summed E-state index contributed by atoms with van der Waals surface area (Å²) in [6.45, 7) is 21.0. The van der Waals surface area contributed by atoms with Crippen molar-refractivity contribution in [3.05, 3.63) is 245 Å². The number of methoxy groups -OCH3 is 4. The number of ether oxygens (including phenoxy) is 5. The summed E-state index contributed by atoms with van der Waals surface area (Å²) in [5.74, 6) is 3.20. The van der Waals surface area contributed by atoms with E-state index in [1.54, 1.807) is 257 Å². The van der Waals surface area contributed by atoms with Gasteiger partial charge in [0.15, 0.2) is 35.3 Å². The molecule has 720 valence electrons. The van der Waals surface area contributed by atoms with Crippen molar-refractivity contribution in [3.63, 3.8) is 0 Å². The van der Waals surface area contributed by atoms with Crippen LogP contribution in [-0.2, 0) is 86.6 Å². The molecule has 0 unspecified atom stereocenters. The van der Waals surface area contributed by atoms with E-state index in [4.69, 9.17) is 52.0 Å². The fraction of sp³-hybridized carbons (Fsp3) is 0.280. The van der Waals surface area contributed by atoms with Gasteiger partial charge < -0.3 is 73.3 Å². The van der Waals surface area contributed by atoms with Crippen LogP contribution in [0.5, 0.6) is 23.0 Å². The number of aldehydes is 1. The lowest BCUT2D eigenvalue weighted by Gasteiger charge is -2.22. The molecule has 0 bridgehead atoms. The number of carbonyl (C=O) groups excluding carboxylic acids is 1. The number of halogens is 2. The van der Waals surface area contributed by atoms with Crippen LogP contribution < -0.4 is 71.9 Å². The summed E-state index contributed by atoms with van der Waals surface area (Å²) in [6, 6.07) is 49.6. The summed E-state index contributed by atoms with van der Waals surface area (Å²) in [6.07, 6.45) is 10.1. The topological polar surface area (TPSA) is 462 Å². The number of anilines is 10. The first-order valence-corrected chi connectivity index (χ1v) is 59.5. The molecule has 13 aromatic rings. The predicted molar refractivity (Wildman–Crippen MR) is 541 cm³/mol. The number of nitrogens with one attached hydrogen (secondary N) is 5. The number of primary sulfonamides is 1. The van der Waals surface area contributed by atoms with Gasteiger partial charge in [0.25, 0.3) is 0 Å². The van der Waals surface area contributed by atoms with E-state index >= 15 is 0 Å². The molecule has 1 fully saturated rings. The fourth-order valence-corrected chi connectivity index (χ4v) is 23.0. The Bertz CT molecular complexity index is 7310. The van der Waals surface area contributed by atoms with Crippen molar-refractivity contribution in [1.29, 1.82) is 0 Å². The van der Waals surface area contributed by atoms with Gasteiger partial charge in [-0.25, -0.2) is 68.7 Å². The minimum Gasteiger partial charge on any atom is -0.495 e. The van der Waals surface area contributed by atoms with Crippen LogP contribution in [-0.4, -0.2) is 195 Å². The van der Waals surface area contributed by atoms with E-state index in [-0.39, 0.29) is 66.7 Å². The van der Waals surface area contributed by atoms with Crippen LogP contribution in [0.25, 0.3) is 16.7 Å². The Kier molecular flexibility index (Phi) is 34.4. The Balaban J connectivity index is 0.000000174. The van der Waals surface area contributed by atoms with E-state index in [9.17, 15) is 56.7 Å². The van der Waals surface area contributed by atoms with E-state index < -0.39 is 83.9 Å². The average Bonchev–Trinajstić information content (AvgIpc) is 1.72. The average molecular weight is 2050 g/mol. The Hall–Kier alpha value is -11.3. The highest BCUT2D eigenvalue weighted by atomic mass is 35.5. The van der Waals surface area contributed by atoms with Crippen molar-refractivity contribution in [2.24, 2.45) is 5.14 Å². The smallest absolute Gasteiger partial charge is 0.238 e. The summed E-state index contributed by atoms with van der Waals surface area (Å²) in [7, 11) is -18.3. The first-order chi connectivity index (χ1) is 64.1. The summed E-state index contributed by atoms with van der Waals surface area (Å²) in [5.41, 5.74) is 6.66. The molecular weight excluding hydrogens is 1940 g/mol. The number of hydrogen-bond donors (Lipinski definition) is 6. The zero-order chi connectivity index (χ0) is 99.2. The van der Waals surface area contributed by atoms with Crippen LogP contribution >= 0.6 is 51.8 Å². The molecule has 14 rings (SSSR count). The predicted octanol–water partition coefficient (Wildman–Crippen LogP) is 16.8. The molecule has 0 amide bonds. The Morgan fingerprint density at radius 3 is 1.38 bits per heavy atom. The number of benzene rings is 8. The number of fused-ring (bicyclic) bond motifs is 1. The number of sulfonamides is 1. The highest BCUT2D eigenvalue weighted by molar-refractivity contribution is 7.92. The van der Waals surface area contributed by atoms with Crippen LogP contribution in [0.4, 0.5) is 58.0 Å². The summed E-state index contributed by atoms with van der Waals surface area (Å²) in [5, 5.41) is 23.4. The third-order valence-corrected chi connectivity index (χ3v) is 35.9. The number of hydrogen-bond acceptors (Lipinski definition) is 31. The van der Waals surface area contributed by atoms with Crippen LogP contribution in [0.3, 0.4) is 0 Å². The standard InChI is InChI=1S/C25H30N3O5PS.C24H28ClN4O5PS.C24H27N4O4PS.C20H22ClN4O4PS/c1-17(2)35(31,32)24-9-7-6-8-18(24)14-22-19(12-13-29)16-26-25(28-22)27-21-11-10-20(34(4,5)30)15-23(21)33-3;1-33-21-14-17(36(31,32)16-10-12-34-13-11-16)8-9-19(21)28-24-26-15-18(25)23(29-24)27-20-6-4-5-7-22(20)35(2,3)30;1-16(2)34(30,31)22-9-7-6-8-20(22)28-13-12-17-15-25-24(27-23(17)28)26-19-11-10-18(33(4,5)29)14-21(19)32-3;1-29-18-11-14(30(2,3)26)8-9-16(18)24-20-23-12-15(21)17(25-20)10-13-6-4-5-7-19(13)31(22,27)28/h6-11,13,15-17H,12,14H2,1-5H3,(H,26,27,28);4-9,14-16H,10-13H2,1-3H3,(H2,26,27,28,29);6-16H,1-5H3,(H,25,26,27);4-9,11-12H,10H2,1-3H3,(H2,22,27,28)(H,23,24,25). The third-order valence-electron chi connectivity index (χ3n) is 21.4. The van der Waals surface area contributed by atoms with Crippen molar-refractivity contribution in [1.82, 2.24) is 44.4 Å². The molecule has 0 saturated carbocycles. The molecule has 1 saturated heterocycles. The third kappa shape index (κ3) is 26.3. The normalized spacial score (nSPS) is 12.8. The summed E-state index contributed by atoms with van der Waals surface area (Å²) >= 11 is 12.6. The molecule has 0 radical (unpaired) electrons. The largest absolute Gasteiger partial charge is 0.495 e. The highest BCUT2D eigenvalue weighted by Crippen LogP contribution is 2.44. The molecular formula is C93H107Cl2N15O18P4S4. The molecule has 5 aromatic heterocycles. The van der Waals surface area contributed by atoms with E-state index in [0.717, 1.165) is 11.7 Å². The Labute approximate surface area is 802 Å². The Morgan fingerprint density at radius 2 is 0.875 bits per heavy atom. The molecule has 8 aromatic carbocycles. The number of nitrogens with two attached hydrogens (primary N) is 1. The maximum absolute atomic E-state index is 13.1. The first-order valence-electron chi connectivity index (χ1n) is 42.2. The lowest BCUT2D eigenvalue weighted by Crippen LogP contribution is -2.29. The minimum atomic E-state index is -3.89. The molecule has 1 aliphatic heterocycles. The maximum atomic E-state index is 13.1. The van der Waals surface area contributed by atoms with Gasteiger partial charge in [-0.1, -0.05) is 83.9 Å². The molecule has 7 N–H and O–H groups in total. The van der Waals surface area contributed by atoms with Crippen LogP contribution in [0, 0.1) is 0 Å². The lowest BCUT2D eigenvalue weighted by molar-refractivity contribution is -0.107. The van der Waals surface area contributed by atoms with Crippen molar-refractivity contribution >= 4 is 188 Å². The summed E-state index contributed by atoms with van der Waals surface area (Å²) in [4.78, 5) is 47.3. The van der Waals surface area contributed by atoms with Gasteiger partial charge in [0.2, 0.25) is 33.8 Å². The van der Waals surface area contributed by atoms with Gasteiger partial charge >= 0.3 is 0 Å². The summed E-state index contributed by atoms with van der Waals surface area (Å²) < 4.78 is 180. The monoisotopic (exact) mass is 2040 g/mol. The molecule has 1 aliphatic rings. The van der Waals surface area contributed by atoms with Gasteiger partial charge in [0.1, 0.15) is 68.5 Å².